The molecule has 7 N–H and O–H groups in total. The molecule has 2 heterocycles. The van der Waals surface area contributed by atoms with E-state index in [1.54, 1.807) is 60.7 Å². The van der Waals surface area contributed by atoms with Crippen molar-refractivity contribution in [1.82, 2.24) is 19.9 Å². The summed E-state index contributed by atoms with van der Waals surface area (Å²) in [6.07, 6.45) is 6.54. The van der Waals surface area contributed by atoms with Crippen molar-refractivity contribution in [3.63, 3.8) is 0 Å². The number of nitriles is 4. The number of hydrogen-bond acceptors (Lipinski definition) is 12. The molecule has 65 heavy (non-hydrogen) atoms. The zero-order valence-corrected chi connectivity index (χ0v) is 36.6. The molecule has 8 aromatic rings. The van der Waals surface area contributed by atoms with Gasteiger partial charge in [-0.15, -0.1) is 0 Å². The van der Waals surface area contributed by atoms with Gasteiger partial charge in [0.15, 0.2) is 0 Å². The first kappa shape index (κ1) is 45.5. The molecule has 0 saturated heterocycles. The van der Waals surface area contributed by atoms with E-state index in [9.17, 15) is 0 Å². The highest BCUT2D eigenvalue weighted by atomic mass is 35.5. The van der Waals surface area contributed by atoms with Crippen LogP contribution in [0.15, 0.2) is 121 Å². The summed E-state index contributed by atoms with van der Waals surface area (Å²) in [5.41, 5.74) is 32.2. The van der Waals surface area contributed by atoms with Gasteiger partial charge in [-0.3, -0.25) is 0 Å². The molecule has 0 aliphatic heterocycles. The Labute approximate surface area is 381 Å². The molecule has 0 amide bonds. The van der Waals surface area contributed by atoms with Gasteiger partial charge < -0.3 is 22.5 Å². The Morgan fingerprint density at radius 1 is 0.538 bits per heavy atom. The molecular weight excluding hydrogens is 828 g/mol. The zero-order valence-electron chi connectivity index (χ0n) is 35.9. The van der Waals surface area contributed by atoms with Gasteiger partial charge in [-0.25, -0.2) is 15.0 Å². The maximum atomic E-state index is 8.99. The second kappa shape index (κ2) is 20.7. The van der Waals surface area contributed by atoms with Crippen LogP contribution in [0.25, 0.3) is 56.2 Å². The molecule has 0 aliphatic rings. The minimum Gasteiger partial charge on any atom is -0.399 e. The van der Waals surface area contributed by atoms with E-state index in [0.717, 1.165) is 83.1 Å². The van der Waals surface area contributed by atoms with E-state index in [2.05, 4.69) is 38.5 Å². The average molecular weight is 869 g/mol. The van der Waals surface area contributed by atoms with Crippen molar-refractivity contribution in [2.24, 2.45) is 0 Å². The largest absolute Gasteiger partial charge is 0.399 e. The van der Waals surface area contributed by atoms with Gasteiger partial charge in [0.2, 0.25) is 11.2 Å². The van der Waals surface area contributed by atoms with Crippen molar-refractivity contribution in [1.29, 1.82) is 21.0 Å². The van der Waals surface area contributed by atoms with Gasteiger partial charge in [-0.2, -0.15) is 26.0 Å². The van der Waals surface area contributed by atoms with E-state index in [1.807, 2.05) is 94.4 Å². The van der Waals surface area contributed by atoms with Crippen LogP contribution in [-0.2, 0) is 0 Å². The molecule has 8 rings (SSSR count). The summed E-state index contributed by atoms with van der Waals surface area (Å²) >= 11 is 6.00. The van der Waals surface area contributed by atoms with Crippen molar-refractivity contribution in [3.8, 4) is 46.5 Å². The Hall–Kier alpha value is -9.07. The number of aromatic nitrogens is 4. The van der Waals surface area contributed by atoms with Gasteiger partial charge in [0.25, 0.3) is 0 Å². The molecule has 0 radical (unpaired) electrons. The Balaban J connectivity index is 0.000000186. The molecular formula is C52H41ClN12. The van der Waals surface area contributed by atoms with Crippen LogP contribution >= 0.6 is 11.6 Å². The van der Waals surface area contributed by atoms with Crippen LogP contribution in [-0.4, -0.2) is 19.9 Å². The molecule has 12 nitrogen and oxygen atoms in total. The number of rotatable bonds is 6. The number of allylic oxidation sites excluding steroid dienone is 2. The van der Waals surface area contributed by atoms with Crippen molar-refractivity contribution in [2.45, 2.75) is 27.7 Å². The zero-order chi connectivity index (χ0) is 46.6. The minimum atomic E-state index is 0.135. The molecule has 6 aromatic carbocycles. The highest BCUT2D eigenvalue weighted by molar-refractivity contribution is 6.29. The van der Waals surface area contributed by atoms with Crippen molar-refractivity contribution in [3.05, 3.63) is 171 Å². The summed E-state index contributed by atoms with van der Waals surface area (Å²) in [5, 5.41) is 39.7. The number of nitrogens with one attached hydrogen (secondary N) is 1. The molecule has 316 valence electrons. The minimum absolute atomic E-state index is 0.135. The average Bonchev–Trinajstić information content (AvgIpc) is 3.28. The van der Waals surface area contributed by atoms with Gasteiger partial charge >= 0.3 is 0 Å². The Morgan fingerprint density at radius 3 is 1.42 bits per heavy atom. The number of nitrogen functional groups attached to an aromatic ring is 3. The van der Waals surface area contributed by atoms with Crippen LogP contribution in [0.2, 0.25) is 5.28 Å². The number of para-hydroxylation sites is 2. The monoisotopic (exact) mass is 868 g/mol. The summed E-state index contributed by atoms with van der Waals surface area (Å²) in [7, 11) is 0. The number of hydrogen-bond donors (Lipinski definition) is 4. The number of anilines is 5. The number of nitrogens with zero attached hydrogens (tertiary/aromatic N) is 8. The Kier molecular flexibility index (Phi) is 14.5. The van der Waals surface area contributed by atoms with Gasteiger partial charge in [0.05, 0.1) is 46.4 Å². The van der Waals surface area contributed by atoms with Crippen LogP contribution in [0, 0.1) is 73.0 Å². The Morgan fingerprint density at radius 2 is 0.969 bits per heavy atom. The van der Waals surface area contributed by atoms with E-state index in [0.29, 0.717) is 34.4 Å². The normalized spacial score (nSPS) is 10.5. The lowest BCUT2D eigenvalue weighted by Crippen LogP contribution is -2.03. The molecule has 0 unspecified atom stereocenters. The molecule has 0 aliphatic carbocycles. The summed E-state index contributed by atoms with van der Waals surface area (Å²) < 4.78 is 0. The van der Waals surface area contributed by atoms with Crippen molar-refractivity contribution in [2.75, 3.05) is 22.5 Å². The summed E-state index contributed by atoms with van der Waals surface area (Å²) in [4.78, 5) is 17.6. The summed E-state index contributed by atoms with van der Waals surface area (Å²) in [6, 6.07) is 41.9. The third-order valence-electron chi connectivity index (χ3n) is 10.1. The fourth-order valence-electron chi connectivity index (χ4n) is 7.40. The van der Waals surface area contributed by atoms with Crippen LogP contribution < -0.4 is 22.5 Å². The van der Waals surface area contributed by atoms with Crippen LogP contribution in [0.5, 0.6) is 0 Å². The van der Waals surface area contributed by atoms with Crippen molar-refractivity contribution < 1.29 is 0 Å². The first-order valence-electron chi connectivity index (χ1n) is 20.0. The predicted molar refractivity (Wildman–Crippen MR) is 262 cm³/mol. The quantitative estimate of drug-likeness (QED) is 0.0693. The lowest BCUT2D eigenvalue weighted by molar-refractivity contribution is 1.22. The molecule has 0 spiro atoms. The van der Waals surface area contributed by atoms with E-state index >= 15 is 0 Å². The van der Waals surface area contributed by atoms with Gasteiger partial charge in [0.1, 0.15) is 11.6 Å². The molecule has 0 bridgehead atoms. The lowest BCUT2D eigenvalue weighted by Gasteiger charge is -2.15. The molecule has 13 heteroatoms. The molecule has 2 aromatic heterocycles. The third kappa shape index (κ3) is 10.9. The van der Waals surface area contributed by atoms with Crippen LogP contribution in [0.4, 0.5) is 29.0 Å². The maximum Gasteiger partial charge on any atom is 0.229 e. The van der Waals surface area contributed by atoms with Crippen LogP contribution in [0.3, 0.4) is 0 Å². The van der Waals surface area contributed by atoms with E-state index < -0.39 is 0 Å². The smallest absolute Gasteiger partial charge is 0.229 e. The first-order chi connectivity index (χ1) is 31.3. The molecule has 0 fully saturated rings. The number of aryl methyl sites for hydroxylation is 4. The second-order valence-electron chi connectivity index (χ2n) is 14.7. The van der Waals surface area contributed by atoms with E-state index in [1.165, 1.54) is 12.2 Å². The van der Waals surface area contributed by atoms with Gasteiger partial charge in [0, 0.05) is 45.4 Å². The summed E-state index contributed by atoms with van der Waals surface area (Å²) in [5.74, 6) is 1.14. The Bertz CT molecular complexity index is 3260. The standard InChI is InChI=1S/C26H20N6.C19H15ClN4.C7H6N2/c1-16-13-19(5-4-12-27)14-17(2)23(16)21-6-3-7-22-24(21)31-26(32-25(22)29)30-20-10-8-18(15-28)9-11-20;1-11-9-13(5-4-8-21)10-12(2)16(11)14-6-3-7-15-17(14)23-19(20)24-18(15)22;8-5-6-1-3-7(9)4-2-6/h3-11,13-14H,1-2H3,(H3,29,30,31,32);3-7,9-10H,1-2H3,(H2,22,23,24);1-4H,9H2/b2*5-4+;. The SMILES string of the molecule is Cc1cc(/C=C/C#N)cc(C)c1-c1cccc2c(N)nc(Cl)nc12.Cc1cc(/C=C/C#N)cc(C)c1-c1cccc2c(N)nc(Nc3ccc(C#N)cc3)nc12.N#Cc1ccc(N)cc1. The predicted octanol–water partition coefficient (Wildman–Crippen LogP) is 11.5. The number of halogens is 1. The fourth-order valence-corrected chi connectivity index (χ4v) is 7.58. The van der Waals surface area contributed by atoms with E-state index in [-0.39, 0.29) is 5.28 Å². The maximum absolute atomic E-state index is 8.99. The number of fused-ring (bicyclic) bond motifs is 2. The first-order valence-corrected chi connectivity index (χ1v) is 20.4. The third-order valence-corrected chi connectivity index (χ3v) is 10.3. The number of nitrogens with two attached hydrogens (primary N) is 3. The van der Waals surface area contributed by atoms with E-state index in [4.69, 9.17) is 54.8 Å². The summed E-state index contributed by atoms with van der Waals surface area (Å²) in [6.45, 7) is 8.17. The van der Waals surface area contributed by atoms with Crippen molar-refractivity contribution >= 4 is 74.5 Å². The highest BCUT2D eigenvalue weighted by Crippen LogP contribution is 2.37. The number of benzene rings is 6. The topological polar surface area (TPSA) is 237 Å². The van der Waals surface area contributed by atoms with Crippen LogP contribution in [0.1, 0.15) is 44.5 Å². The second-order valence-corrected chi connectivity index (χ2v) is 15.1. The fraction of sp³-hybridized carbons (Fsp3) is 0.0769. The lowest BCUT2D eigenvalue weighted by atomic mass is 9.92. The van der Waals surface area contributed by atoms with Gasteiger partial charge in [-0.05, 0) is 157 Å². The molecule has 0 atom stereocenters. The highest BCUT2D eigenvalue weighted by Gasteiger charge is 2.16. The van der Waals surface area contributed by atoms with Gasteiger partial charge in [-0.1, -0.05) is 48.5 Å². The molecule has 0 saturated carbocycles.